The lowest BCUT2D eigenvalue weighted by atomic mass is 9.59. The molecule has 390 valence electrons. The molecule has 0 unspecified atom stereocenters. The van der Waals surface area contributed by atoms with Gasteiger partial charge in [-0.2, -0.15) is 4.98 Å². The SMILES string of the molecule is Cc1ccccc1[C@@H]1CCCN1C1CC2(CCN(c3ccc(C(N)=O)c(N4c5cc6cc[nH]c6nc5O[C@@H]5COC[C@@H]54)c3S(=O)(=O)c3cc4c(c([N+](=O)[O-])c3)N[C@@H](CN3CCN(C5COC5)[C@H](C)C3)CO4)CC2)C1. The van der Waals surface area contributed by atoms with Crippen molar-refractivity contribution in [3.63, 3.8) is 0 Å². The van der Waals surface area contributed by atoms with Gasteiger partial charge < -0.3 is 44.8 Å². The third-order valence-corrected chi connectivity index (χ3v) is 19.5. The topological polar surface area (TPSA) is 214 Å². The number of nitro groups is 1. The highest BCUT2D eigenvalue weighted by Crippen LogP contribution is 2.56. The Kier molecular flexibility index (Phi) is 11.8. The van der Waals surface area contributed by atoms with Crippen LogP contribution in [0.4, 0.5) is 28.4 Å². The van der Waals surface area contributed by atoms with Gasteiger partial charge in [0.05, 0.1) is 71.3 Å². The number of aromatic amines is 1. The third-order valence-electron chi connectivity index (χ3n) is 17.7. The van der Waals surface area contributed by atoms with Crippen LogP contribution in [0.25, 0.3) is 11.0 Å². The summed E-state index contributed by atoms with van der Waals surface area (Å²) in [7, 11) is -4.78. The molecule has 9 heterocycles. The zero-order chi connectivity index (χ0) is 50.6. The molecule has 5 saturated heterocycles. The molecular formula is C54H64N10O9S. The number of amides is 1. The van der Waals surface area contributed by atoms with Crippen molar-refractivity contribution in [1.29, 1.82) is 0 Å². The number of benzene rings is 3. The summed E-state index contributed by atoms with van der Waals surface area (Å²) in [6.07, 6.45) is 7.37. The number of carbonyl (C=O) groups is 1. The molecule has 2 aromatic heterocycles. The van der Waals surface area contributed by atoms with Gasteiger partial charge in [-0.3, -0.25) is 29.6 Å². The number of hydrogen-bond acceptors (Lipinski definition) is 16. The van der Waals surface area contributed by atoms with Gasteiger partial charge in [-0.1, -0.05) is 24.3 Å². The molecule has 1 amide bonds. The van der Waals surface area contributed by atoms with Crippen LogP contribution in [0.2, 0.25) is 0 Å². The normalized spacial score (nSPS) is 26.4. The molecule has 0 radical (unpaired) electrons. The van der Waals surface area contributed by atoms with Crippen LogP contribution in [-0.4, -0.2) is 159 Å². The van der Waals surface area contributed by atoms with Gasteiger partial charge in [-0.25, -0.2) is 8.42 Å². The number of piperidine rings is 1. The predicted octanol–water partition coefficient (Wildman–Crippen LogP) is 6.17. The Balaban J connectivity index is 0.865. The summed E-state index contributed by atoms with van der Waals surface area (Å²) >= 11 is 0. The minimum absolute atomic E-state index is 0.0338. The Morgan fingerprint density at radius 2 is 1.74 bits per heavy atom. The van der Waals surface area contributed by atoms with E-state index in [4.69, 9.17) is 29.7 Å². The van der Waals surface area contributed by atoms with E-state index in [1.807, 2.05) is 17.0 Å². The number of nitrogens with two attached hydrogens (primary N) is 1. The molecule has 7 aliphatic heterocycles. The summed E-state index contributed by atoms with van der Waals surface area (Å²) in [6.45, 7) is 11.8. The Labute approximate surface area is 430 Å². The number of primary amides is 1. The maximum absolute atomic E-state index is 16.2. The number of H-pyrrole nitrogens is 1. The van der Waals surface area contributed by atoms with E-state index in [-0.39, 0.29) is 69.6 Å². The summed E-state index contributed by atoms with van der Waals surface area (Å²) in [5.41, 5.74) is 10.3. The second-order valence-electron chi connectivity index (χ2n) is 22.1. The number of aryl methyl sites for hydroxylation is 1. The van der Waals surface area contributed by atoms with Crippen molar-refractivity contribution in [2.24, 2.45) is 11.1 Å². The highest BCUT2D eigenvalue weighted by atomic mass is 32.2. The highest BCUT2D eigenvalue weighted by Gasteiger charge is 2.52. The zero-order valence-electron chi connectivity index (χ0n) is 41.9. The number of nitro benzene ring substituents is 1. The lowest BCUT2D eigenvalue weighted by Crippen LogP contribution is -2.61. The summed E-state index contributed by atoms with van der Waals surface area (Å²) in [6, 6.07) is 19.0. The molecule has 5 aromatic rings. The van der Waals surface area contributed by atoms with Crippen LogP contribution in [0.1, 0.15) is 73.0 Å². The number of piperazine rings is 1. The number of sulfone groups is 1. The Hall–Kier alpha value is -6.03. The van der Waals surface area contributed by atoms with E-state index in [9.17, 15) is 14.9 Å². The molecule has 1 spiro atoms. The molecule has 0 bridgehead atoms. The summed E-state index contributed by atoms with van der Waals surface area (Å²) in [5.74, 6) is -0.539. The number of hydrogen-bond donors (Lipinski definition) is 3. The lowest BCUT2D eigenvalue weighted by molar-refractivity contribution is -0.384. The van der Waals surface area contributed by atoms with Gasteiger partial charge >= 0.3 is 0 Å². The molecule has 4 N–H and O–H groups in total. The first-order chi connectivity index (χ1) is 35.8. The molecule has 1 aliphatic carbocycles. The first-order valence-corrected chi connectivity index (χ1v) is 27.9. The quantitative estimate of drug-likeness (QED) is 0.0996. The maximum atomic E-state index is 16.2. The second-order valence-corrected chi connectivity index (χ2v) is 24.0. The highest BCUT2D eigenvalue weighted by molar-refractivity contribution is 7.91. The Morgan fingerprint density at radius 3 is 2.50 bits per heavy atom. The zero-order valence-corrected chi connectivity index (χ0v) is 42.7. The van der Waals surface area contributed by atoms with Crippen molar-refractivity contribution in [2.45, 2.75) is 105 Å². The number of carbonyl (C=O) groups excluding carboxylic acids is 1. The van der Waals surface area contributed by atoms with Crippen molar-refractivity contribution < 1.29 is 37.1 Å². The number of fused-ring (bicyclic) bond motifs is 4. The van der Waals surface area contributed by atoms with E-state index in [1.165, 1.54) is 23.6 Å². The molecule has 19 nitrogen and oxygen atoms in total. The van der Waals surface area contributed by atoms with Crippen LogP contribution < -0.4 is 30.3 Å². The van der Waals surface area contributed by atoms with Crippen LogP contribution in [0.3, 0.4) is 0 Å². The van der Waals surface area contributed by atoms with Gasteiger partial charge in [0.25, 0.3) is 11.6 Å². The van der Waals surface area contributed by atoms with Crippen LogP contribution in [-0.2, 0) is 19.3 Å². The average Bonchev–Trinajstić information content (AvgIpc) is 4.16. The van der Waals surface area contributed by atoms with E-state index in [0.29, 0.717) is 60.8 Å². The van der Waals surface area contributed by atoms with Crippen LogP contribution in [0.5, 0.6) is 11.6 Å². The van der Waals surface area contributed by atoms with Crippen molar-refractivity contribution in [3.05, 3.63) is 93.7 Å². The van der Waals surface area contributed by atoms with Crippen molar-refractivity contribution >= 4 is 55.2 Å². The number of rotatable bonds is 11. The van der Waals surface area contributed by atoms with Gasteiger partial charge in [-0.15, -0.1) is 0 Å². The fourth-order valence-electron chi connectivity index (χ4n) is 13.8. The minimum Gasteiger partial charge on any atom is -0.489 e. The predicted molar refractivity (Wildman–Crippen MR) is 278 cm³/mol. The number of ether oxygens (including phenoxy) is 4. The van der Waals surface area contributed by atoms with E-state index in [0.717, 1.165) is 82.9 Å². The van der Waals surface area contributed by atoms with E-state index >= 15 is 8.42 Å². The van der Waals surface area contributed by atoms with E-state index in [1.54, 1.807) is 18.3 Å². The van der Waals surface area contributed by atoms with Crippen LogP contribution in [0.15, 0.2) is 76.7 Å². The molecule has 74 heavy (non-hydrogen) atoms. The Morgan fingerprint density at radius 1 is 0.932 bits per heavy atom. The fourth-order valence-corrected chi connectivity index (χ4v) is 15.5. The Bertz CT molecular complexity index is 3150. The van der Waals surface area contributed by atoms with Crippen molar-refractivity contribution in [3.8, 4) is 11.6 Å². The maximum Gasteiger partial charge on any atom is 0.297 e. The first-order valence-electron chi connectivity index (χ1n) is 26.4. The lowest BCUT2D eigenvalue weighted by Gasteiger charge is -2.56. The molecule has 6 fully saturated rings. The number of nitrogens with one attached hydrogen (secondary N) is 2. The van der Waals surface area contributed by atoms with Crippen LogP contribution >= 0.6 is 0 Å². The standard InChI is InChI=1S/C54H64N10O9S/c1-32-6-3-4-7-39(32)41-8-5-15-62(41)36-23-54(24-36)12-16-60(17-13-54)42-10-9-40(51(55)65)49(63-44-20-34-11-14-56-52(34)58-53(44)73-47-31-71-30-45(47)63)50(42)74(68,69)38-21-43(64(66)67)48-46(22-38)72-27-35(57-48)26-59-18-19-61(33(2)25-59)37-28-70-29-37/h3-4,6-7,9-11,14,20-22,33,35-37,41,45,47,57H,5,8,12-13,15-19,23-31H2,1-2H3,(H2,55,65)(H,56,58)/t33-,35+,41+,45+,47-/m1/s1. The number of aromatic nitrogens is 2. The smallest absolute Gasteiger partial charge is 0.297 e. The van der Waals surface area contributed by atoms with Gasteiger partial charge in [0, 0.05) is 81.1 Å². The van der Waals surface area contributed by atoms with Crippen LogP contribution in [0, 0.1) is 22.5 Å². The molecule has 5 atom stereocenters. The summed E-state index contributed by atoms with van der Waals surface area (Å²) in [4.78, 5) is 45.4. The van der Waals surface area contributed by atoms with Gasteiger partial charge in [0.2, 0.25) is 15.7 Å². The average molecular weight is 1030 g/mol. The third kappa shape index (κ3) is 8.05. The van der Waals surface area contributed by atoms with Crippen molar-refractivity contribution in [2.75, 3.05) is 94.0 Å². The minimum atomic E-state index is -4.78. The number of anilines is 4. The van der Waals surface area contributed by atoms with Gasteiger partial charge in [0.1, 0.15) is 28.9 Å². The first kappa shape index (κ1) is 47.7. The molecule has 1 saturated carbocycles. The number of nitrogens with zero attached hydrogens (tertiary/aromatic N) is 7. The molecule has 13 rings (SSSR count). The molecule has 3 aromatic carbocycles. The van der Waals surface area contributed by atoms with E-state index in [2.05, 4.69) is 68.0 Å². The van der Waals surface area contributed by atoms with E-state index < -0.39 is 38.5 Å². The number of likely N-dealkylation sites (tertiary alicyclic amines) is 1. The second kappa shape index (κ2) is 18.4. The van der Waals surface area contributed by atoms with Crippen molar-refractivity contribution in [1.82, 2.24) is 24.7 Å². The summed E-state index contributed by atoms with van der Waals surface area (Å²) < 4.78 is 56.6. The monoisotopic (exact) mass is 1030 g/mol. The fraction of sp³-hybridized carbons (Fsp3) is 0.519. The largest absolute Gasteiger partial charge is 0.489 e. The number of pyridine rings is 1. The summed E-state index contributed by atoms with van der Waals surface area (Å²) in [5, 5.41) is 17.3. The molecule has 8 aliphatic rings. The van der Waals surface area contributed by atoms with Gasteiger partial charge in [0.15, 0.2) is 11.4 Å². The van der Waals surface area contributed by atoms with Gasteiger partial charge in [-0.05, 0) is 99.7 Å². The molecular weight excluding hydrogens is 965 g/mol. The molecule has 20 heteroatoms.